The van der Waals surface area contributed by atoms with Crippen LogP contribution in [-0.2, 0) is 47.8 Å². The van der Waals surface area contributed by atoms with Crippen LogP contribution < -0.4 is 38.1 Å². The maximum absolute atomic E-state index is 14.2. The molecule has 62 heavy (non-hydrogen) atoms. The largest absolute Gasteiger partial charge is 0.466 e. The Hall–Kier alpha value is -3.80. The van der Waals surface area contributed by atoms with E-state index in [9.17, 15) is 38.4 Å². The van der Waals surface area contributed by atoms with Gasteiger partial charge >= 0.3 is 11.9 Å². The molecule has 0 fully saturated rings. The number of ether oxygens (including phenoxy) is 2. The number of carbonyl (C=O) groups is 8. The summed E-state index contributed by atoms with van der Waals surface area (Å²) in [5.41, 5.74) is 11.1. The van der Waals surface area contributed by atoms with Crippen LogP contribution in [0.2, 0.25) is 0 Å². The molecule has 0 saturated heterocycles. The van der Waals surface area contributed by atoms with E-state index in [2.05, 4.69) is 40.4 Å². The number of esters is 2. The summed E-state index contributed by atoms with van der Waals surface area (Å²) in [5, 5.41) is 14.4. The van der Waals surface area contributed by atoms with E-state index in [-0.39, 0.29) is 52.0 Å². The van der Waals surface area contributed by atoms with Gasteiger partial charge in [0.1, 0.15) is 17.3 Å². The van der Waals surface area contributed by atoms with Crippen molar-refractivity contribution < 1.29 is 47.8 Å². The number of Topliss-reactive ketones (excluding diaryl/α,β-unsaturated/α-hetero) is 3. The van der Waals surface area contributed by atoms with Crippen LogP contribution in [-0.4, -0.2) is 119 Å². The maximum Gasteiger partial charge on any atom is 0.309 e. The van der Waals surface area contributed by atoms with Gasteiger partial charge in [0.25, 0.3) is 0 Å². The average Bonchev–Trinajstić information content (AvgIpc) is 3.21. The zero-order valence-electron chi connectivity index (χ0n) is 38.9. The number of carbonyl (C=O) groups excluding carboxylic acids is 8. The smallest absolute Gasteiger partial charge is 0.309 e. The highest BCUT2D eigenvalue weighted by Crippen LogP contribution is 2.24. The Labute approximate surface area is 371 Å². The lowest BCUT2D eigenvalue weighted by molar-refractivity contribution is -0.151. The summed E-state index contributed by atoms with van der Waals surface area (Å²) in [6, 6.07) is 0. The Bertz CT molecular complexity index is 1330. The molecule has 0 radical (unpaired) electrons. The summed E-state index contributed by atoms with van der Waals surface area (Å²) < 4.78 is 10.9. The quantitative estimate of drug-likeness (QED) is 0.0345. The zero-order chi connectivity index (χ0) is 46.7. The lowest BCUT2D eigenvalue weighted by Gasteiger charge is -2.21. The summed E-state index contributed by atoms with van der Waals surface area (Å²) in [7, 11) is 0. The van der Waals surface area contributed by atoms with E-state index in [1.54, 1.807) is 6.92 Å². The standard InChI is InChI=1S/C45H83N7O10/c1-7-9-16-51-44(59)37(30-41(56)50-21-19-48-17-14-46)28-39(54)27-36(43(58)52-22-20-49-18-15-47)29-40(55)35(31-42(57)61-23-10-12-32(3)4)26-38(53)25-34(8-2)45(60)62-24-11-13-33(5)6/h32-37,48-49H,7-31,46-47H2,1-6H3,(H,50,56)(H,51,59)(H,52,58). The Kier molecular flexibility index (Phi) is 34.4. The molecule has 0 rings (SSSR count). The highest BCUT2D eigenvalue weighted by molar-refractivity contribution is 5.96. The molecule has 0 aromatic rings. The molecule has 17 nitrogen and oxygen atoms in total. The second kappa shape index (κ2) is 36.7. The molecule has 0 spiro atoms. The normalized spacial score (nSPS) is 13.2. The minimum atomic E-state index is -1.21. The van der Waals surface area contributed by atoms with Crippen molar-refractivity contribution in [1.82, 2.24) is 26.6 Å². The second-order valence-corrected chi connectivity index (χ2v) is 17.0. The fourth-order valence-corrected chi connectivity index (χ4v) is 6.60. The van der Waals surface area contributed by atoms with Gasteiger partial charge in [-0.15, -0.1) is 0 Å². The van der Waals surface area contributed by atoms with Crippen LogP contribution in [0.1, 0.15) is 131 Å². The third kappa shape index (κ3) is 30.3. The van der Waals surface area contributed by atoms with Crippen molar-refractivity contribution in [3.63, 3.8) is 0 Å². The van der Waals surface area contributed by atoms with E-state index in [0.717, 1.165) is 19.3 Å². The number of nitrogens with two attached hydrogens (primary N) is 2. The van der Waals surface area contributed by atoms with Crippen molar-refractivity contribution in [3.8, 4) is 0 Å². The first-order valence-electron chi connectivity index (χ1n) is 23.1. The Morgan fingerprint density at radius 2 is 0.984 bits per heavy atom. The van der Waals surface area contributed by atoms with Crippen molar-refractivity contribution in [2.24, 2.45) is 47.0 Å². The number of ketones is 3. The van der Waals surface area contributed by atoms with E-state index < -0.39 is 89.9 Å². The molecule has 9 N–H and O–H groups in total. The molecule has 0 heterocycles. The molecule has 0 aliphatic heterocycles. The van der Waals surface area contributed by atoms with Crippen LogP contribution in [0.25, 0.3) is 0 Å². The summed E-state index contributed by atoms with van der Waals surface area (Å²) in [6.07, 6.45) is 2.35. The van der Waals surface area contributed by atoms with E-state index in [0.29, 0.717) is 83.3 Å². The second-order valence-electron chi connectivity index (χ2n) is 17.0. The highest BCUT2D eigenvalue weighted by atomic mass is 16.5. The van der Waals surface area contributed by atoms with Gasteiger partial charge in [0.2, 0.25) is 17.7 Å². The number of amides is 3. The zero-order valence-corrected chi connectivity index (χ0v) is 38.9. The first-order chi connectivity index (χ1) is 29.6. The summed E-state index contributed by atoms with van der Waals surface area (Å²) in [4.78, 5) is 107. The van der Waals surface area contributed by atoms with Crippen LogP contribution in [0.15, 0.2) is 0 Å². The molecule has 0 aliphatic rings. The van der Waals surface area contributed by atoms with Crippen molar-refractivity contribution in [1.29, 1.82) is 0 Å². The molecule has 0 aromatic heterocycles. The molecule has 0 bridgehead atoms. The molecule has 3 amide bonds. The van der Waals surface area contributed by atoms with Crippen molar-refractivity contribution in [2.45, 2.75) is 131 Å². The van der Waals surface area contributed by atoms with Gasteiger partial charge in [0.15, 0.2) is 0 Å². The molecule has 358 valence electrons. The van der Waals surface area contributed by atoms with Crippen molar-refractivity contribution in [3.05, 3.63) is 0 Å². The summed E-state index contributed by atoms with van der Waals surface area (Å²) >= 11 is 0. The van der Waals surface area contributed by atoms with Crippen LogP contribution in [0.4, 0.5) is 0 Å². The highest BCUT2D eigenvalue weighted by Gasteiger charge is 2.34. The average molecular weight is 882 g/mol. The van der Waals surface area contributed by atoms with E-state index >= 15 is 0 Å². The van der Waals surface area contributed by atoms with Gasteiger partial charge < -0.3 is 47.5 Å². The lowest BCUT2D eigenvalue weighted by atomic mass is 9.83. The maximum atomic E-state index is 14.2. The monoisotopic (exact) mass is 882 g/mol. The van der Waals surface area contributed by atoms with Gasteiger partial charge in [-0.05, 0) is 50.4 Å². The summed E-state index contributed by atoms with van der Waals surface area (Å²) in [6.45, 7) is 15.9. The minimum absolute atomic E-state index is 0.139. The minimum Gasteiger partial charge on any atom is -0.466 e. The molecular weight excluding hydrogens is 799 g/mol. The number of hydrogen-bond donors (Lipinski definition) is 7. The Morgan fingerprint density at radius 1 is 0.500 bits per heavy atom. The van der Waals surface area contributed by atoms with Gasteiger partial charge in [-0.1, -0.05) is 48.0 Å². The molecule has 0 aromatic carbocycles. The topological polar surface area (TPSA) is 267 Å². The Balaban J connectivity index is 6.32. The molecule has 0 aliphatic carbocycles. The summed E-state index contributed by atoms with van der Waals surface area (Å²) in [5.74, 6) is -7.49. The van der Waals surface area contributed by atoms with Crippen molar-refractivity contribution >= 4 is 47.0 Å². The first-order valence-corrected chi connectivity index (χ1v) is 23.1. The van der Waals surface area contributed by atoms with E-state index in [1.807, 2.05) is 20.8 Å². The molecule has 17 heteroatoms. The molecular formula is C45H83N7O10. The predicted molar refractivity (Wildman–Crippen MR) is 239 cm³/mol. The fourth-order valence-electron chi connectivity index (χ4n) is 6.60. The number of nitrogens with one attached hydrogen (secondary N) is 5. The van der Waals surface area contributed by atoms with E-state index in [1.165, 1.54) is 0 Å². The molecule has 0 saturated carbocycles. The van der Waals surface area contributed by atoms with Crippen LogP contribution in [0, 0.1) is 35.5 Å². The first kappa shape index (κ1) is 58.2. The molecule has 4 atom stereocenters. The van der Waals surface area contributed by atoms with Gasteiger partial charge in [-0.25, -0.2) is 0 Å². The number of hydrogen-bond acceptors (Lipinski definition) is 14. The van der Waals surface area contributed by atoms with Gasteiger partial charge in [-0.3, -0.25) is 38.4 Å². The van der Waals surface area contributed by atoms with Gasteiger partial charge in [-0.2, -0.15) is 0 Å². The fraction of sp³-hybridized carbons (Fsp3) is 0.822. The van der Waals surface area contributed by atoms with Crippen LogP contribution >= 0.6 is 0 Å². The van der Waals surface area contributed by atoms with Gasteiger partial charge in [0, 0.05) is 103 Å². The third-order valence-electron chi connectivity index (χ3n) is 10.3. The predicted octanol–water partition coefficient (Wildman–Crippen LogP) is 2.50. The number of unbranched alkanes of at least 4 members (excludes halogenated alkanes) is 1. The third-order valence-corrected chi connectivity index (χ3v) is 10.3. The lowest BCUT2D eigenvalue weighted by Crippen LogP contribution is -2.40. The van der Waals surface area contributed by atoms with Crippen LogP contribution in [0.3, 0.4) is 0 Å². The number of rotatable bonds is 40. The van der Waals surface area contributed by atoms with Crippen LogP contribution in [0.5, 0.6) is 0 Å². The molecule has 4 unspecified atom stereocenters. The Morgan fingerprint density at radius 3 is 1.50 bits per heavy atom. The van der Waals surface area contributed by atoms with Crippen molar-refractivity contribution in [2.75, 3.05) is 72.1 Å². The van der Waals surface area contributed by atoms with E-state index in [4.69, 9.17) is 20.9 Å². The van der Waals surface area contributed by atoms with Gasteiger partial charge in [0.05, 0.1) is 37.4 Å². The SMILES string of the molecule is CCCCNC(=O)C(CC(=O)CC(CC(=O)C(CC(=O)CC(CC)C(=O)OCCCC(C)C)CC(=O)OCCCC(C)C)C(=O)NCCNCCN)CC(=O)NCCNCCN.